The highest BCUT2D eigenvalue weighted by atomic mass is 16.5. The summed E-state index contributed by atoms with van der Waals surface area (Å²) in [6.45, 7) is 2.16. The molecule has 0 aromatic carbocycles. The van der Waals surface area contributed by atoms with E-state index in [0.717, 1.165) is 66.4 Å². The van der Waals surface area contributed by atoms with E-state index in [1.807, 2.05) is 18.2 Å². The molecule has 2 N–H and O–H groups in total. The van der Waals surface area contributed by atoms with Crippen molar-refractivity contribution in [1.82, 2.24) is 15.0 Å². The molecule has 6 nitrogen and oxygen atoms in total. The Morgan fingerprint density at radius 2 is 1.93 bits per heavy atom. The van der Waals surface area contributed by atoms with Gasteiger partial charge in [0.2, 0.25) is 0 Å². The number of carbonyl (C=O) groups is 1. The summed E-state index contributed by atoms with van der Waals surface area (Å²) < 4.78 is 5.07. The summed E-state index contributed by atoms with van der Waals surface area (Å²) >= 11 is 0. The predicted octanol–water partition coefficient (Wildman–Crippen LogP) is 4.75. The number of esters is 1. The first-order chi connectivity index (χ1) is 14.7. The van der Waals surface area contributed by atoms with Crippen LogP contribution < -0.4 is 5.73 Å². The van der Waals surface area contributed by atoms with Crippen molar-refractivity contribution in [3.8, 4) is 0 Å². The lowest BCUT2D eigenvalue weighted by atomic mass is 9.99. The van der Waals surface area contributed by atoms with E-state index >= 15 is 0 Å². The second kappa shape index (κ2) is 11.0. The van der Waals surface area contributed by atoms with Gasteiger partial charge >= 0.3 is 5.97 Å². The Morgan fingerprint density at radius 1 is 1.07 bits per heavy atom. The lowest BCUT2D eigenvalue weighted by Crippen LogP contribution is -2.02. The van der Waals surface area contributed by atoms with Gasteiger partial charge in [0.1, 0.15) is 5.82 Å². The molecule has 0 bridgehead atoms. The van der Waals surface area contributed by atoms with Crippen molar-refractivity contribution in [2.75, 3.05) is 12.3 Å². The molecule has 0 aliphatic rings. The van der Waals surface area contributed by atoms with E-state index in [-0.39, 0.29) is 5.97 Å². The Morgan fingerprint density at radius 3 is 2.73 bits per heavy atom. The SMILES string of the molecule is CCOC(=O)C=C(CCCCCCc1ccc2cccnc2n1)c1ccc(N)nc1. The summed E-state index contributed by atoms with van der Waals surface area (Å²) in [5.74, 6) is 0.145. The third-order valence-electron chi connectivity index (χ3n) is 4.89. The van der Waals surface area contributed by atoms with Crippen molar-refractivity contribution < 1.29 is 9.53 Å². The number of aromatic nitrogens is 3. The molecule has 0 aliphatic carbocycles. The van der Waals surface area contributed by atoms with Gasteiger partial charge in [-0.15, -0.1) is 0 Å². The molecule has 3 heterocycles. The number of anilines is 1. The topological polar surface area (TPSA) is 91.0 Å². The quantitative estimate of drug-likeness (QED) is 0.298. The van der Waals surface area contributed by atoms with E-state index in [9.17, 15) is 4.79 Å². The molecule has 3 rings (SSSR count). The van der Waals surface area contributed by atoms with Crippen LogP contribution in [0.2, 0.25) is 0 Å². The molecular weight excluding hydrogens is 376 g/mol. The van der Waals surface area contributed by atoms with Crippen molar-refractivity contribution in [2.45, 2.75) is 45.4 Å². The maximum atomic E-state index is 11.9. The first-order valence-corrected chi connectivity index (χ1v) is 10.5. The zero-order valence-electron chi connectivity index (χ0n) is 17.4. The number of nitrogens with two attached hydrogens (primary N) is 1. The summed E-state index contributed by atoms with van der Waals surface area (Å²) in [6.07, 6.45) is 11.0. The zero-order valence-corrected chi connectivity index (χ0v) is 17.4. The van der Waals surface area contributed by atoms with E-state index in [0.29, 0.717) is 12.4 Å². The third-order valence-corrected chi connectivity index (χ3v) is 4.89. The summed E-state index contributed by atoms with van der Waals surface area (Å²) in [5, 5.41) is 1.07. The molecule has 156 valence electrons. The first-order valence-electron chi connectivity index (χ1n) is 10.5. The van der Waals surface area contributed by atoms with Crippen LogP contribution in [-0.2, 0) is 16.0 Å². The molecule has 0 radical (unpaired) electrons. The van der Waals surface area contributed by atoms with Crippen molar-refractivity contribution in [2.24, 2.45) is 0 Å². The maximum absolute atomic E-state index is 11.9. The fourth-order valence-electron chi connectivity index (χ4n) is 3.33. The molecule has 30 heavy (non-hydrogen) atoms. The van der Waals surface area contributed by atoms with Gasteiger partial charge in [-0.2, -0.15) is 0 Å². The van der Waals surface area contributed by atoms with Crippen LogP contribution in [0.25, 0.3) is 16.6 Å². The number of nitrogen functional groups attached to an aromatic ring is 1. The molecule has 0 unspecified atom stereocenters. The average Bonchev–Trinajstić information content (AvgIpc) is 2.76. The van der Waals surface area contributed by atoms with Crippen molar-refractivity contribution in [1.29, 1.82) is 0 Å². The monoisotopic (exact) mass is 404 g/mol. The van der Waals surface area contributed by atoms with Gasteiger partial charge in [-0.05, 0) is 80.1 Å². The van der Waals surface area contributed by atoms with Crippen LogP contribution in [0, 0.1) is 0 Å². The molecule has 0 saturated heterocycles. The number of pyridine rings is 3. The number of ether oxygens (including phenoxy) is 1. The number of hydrogen-bond acceptors (Lipinski definition) is 6. The Hall–Kier alpha value is -3.28. The van der Waals surface area contributed by atoms with Crippen molar-refractivity contribution >= 4 is 28.4 Å². The van der Waals surface area contributed by atoms with Crippen LogP contribution in [0.5, 0.6) is 0 Å². The highest BCUT2D eigenvalue weighted by Crippen LogP contribution is 2.22. The normalized spacial score (nSPS) is 11.6. The van der Waals surface area contributed by atoms with E-state index in [1.165, 1.54) is 0 Å². The fourth-order valence-corrected chi connectivity index (χ4v) is 3.33. The second-order valence-corrected chi connectivity index (χ2v) is 7.16. The number of hydrogen-bond donors (Lipinski definition) is 1. The second-order valence-electron chi connectivity index (χ2n) is 7.16. The number of allylic oxidation sites excluding steroid dienone is 1. The van der Waals surface area contributed by atoms with E-state index in [1.54, 1.807) is 31.5 Å². The lowest BCUT2D eigenvalue weighted by molar-refractivity contribution is -0.137. The minimum atomic E-state index is -0.319. The van der Waals surface area contributed by atoms with Crippen molar-refractivity contribution in [3.05, 3.63) is 66.1 Å². The minimum Gasteiger partial charge on any atom is -0.463 e. The molecule has 0 spiro atoms. The Balaban J connectivity index is 1.48. The van der Waals surface area contributed by atoms with Gasteiger partial charge in [0.15, 0.2) is 5.65 Å². The van der Waals surface area contributed by atoms with Gasteiger partial charge in [-0.3, -0.25) is 0 Å². The Bertz CT molecular complexity index is 1000. The van der Waals surface area contributed by atoms with Crippen LogP contribution in [0.1, 0.15) is 50.3 Å². The largest absolute Gasteiger partial charge is 0.463 e. The van der Waals surface area contributed by atoms with Gasteiger partial charge in [0.25, 0.3) is 0 Å². The molecule has 0 amide bonds. The van der Waals surface area contributed by atoms with Crippen LogP contribution in [-0.4, -0.2) is 27.5 Å². The van der Waals surface area contributed by atoms with Crippen LogP contribution in [0.4, 0.5) is 5.82 Å². The molecule has 0 aliphatic heterocycles. The number of nitrogens with zero attached hydrogens (tertiary/aromatic N) is 3. The van der Waals surface area contributed by atoms with E-state index < -0.39 is 0 Å². The van der Waals surface area contributed by atoms with Crippen LogP contribution in [0.3, 0.4) is 0 Å². The van der Waals surface area contributed by atoms with Gasteiger partial charge in [0, 0.05) is 29.5 Å². The first kappa shape index (κ1) is 21.4. The minimum absolute atomic E-state index is 0.319. The Kier molecular flexibility index (Phi) is 7.89. The molecule has 0 saturated carbocycles. The fraction of sp³-hybridized carbons (Fsp3) is 0.333. The molecule has 0 fully saturated rings. The van der Waals surface area contributed by atoms with Gasteiger partial charge in [-0.1, -0.05) is 12.8 Å². The molecule has 3 aromatic heterocycles. The molecule has 3 aromatic rings. The van der Waals surface area contributed by atoms with Gasteiger partial charge < -0.3 is 10.5 Å². The van der Waals surface area contributed by atoms with E-state index in [4.69, 9.17) is 10.5 Å². The van der Waals surface area contributed by atoms with Gasteiger partial charge in [0.05, 0.1) is 6.61 Å². The van der Waals surface area contributed by atoms with Crippen LogP contribution in [0.15, 0.2) is 54.9 Å². The van der Waals surface area contributed by atoms with Crippen LogP contribution >= 0.6 is 0 Å². The molecule has 0 atom stereocenters. The number of rotatable bonds is 10. The van der Waals surface area contributed by atoms with Crippen molar-refractivity contribution in [3.63, 3.8) is 0 Å². The standard InChI is InChI=1S/C24H28N4O2/c1-2-30-23(29)16-19(20-12-14-22(25)27-17-20)8-5-3-4-6-10-21-13-11-18-9-7-15-26-24(18)28-21/h7,9,11-17H,2-6,8,10H2,1H3,(H2,25,27). The summed E-state index contributed by atoms with van der Waals surface area (Å²) in [6, 6.07) is 11.8. The number of fused-ring (bicyclic) bond motifs is 1. The average molecular weight is 405 g/mol. The lowest BCUT2D eigenvalue weighted by Gasteiger charge is -2.08. The maximum Gasteiger partial charge on any atom is 0.331 e. The third kappa shape index (κ3) is 6.37. The summed E-state index contributed by atoms with van der Waals surface area (Å²) in [4.78, 5) is 25.0. The molecule has 6 heteroatoms. The number of unbranched alkanes of at least 4 members (excludes halogenated alkanes) is 3. The number of carbonyl (C=O) groups excluding carboxylic acids is 1. The van der Waals surface area contributed by atoms with E-state index in [2.05, 4.69) is 27.1 Å². The molecular formula is C24H28N4O2. The number of aryl methyl sites for hydroxylation is 1. The Labute approximate surface area is 177 Å². The highest BCUT2D eigenvalue weighted by molar-refractivity contribution is 5.91. The van der Waals surface area contributed by atoms with Gasteiger partial charge in [-0.25, -0.2) is 19.7 Å². The predicted molar refractivity (Wildman–Crippen MR) is 120 cm³/mol. The smallest absolute Gasteiger partial charge is 0.331 e. The summed E-state index contributed by atoms with van der Waals surface area (Å²) in [7, 11) is 0. The zero-order chi connectivity index (χ0) is 21.2. The highest BCUT2D eigenvalue weighted by Gasteiger charge is 2.07. The summed E-state index contributed by atoms with van der Waals surface area (Å²) in [5.41, 5.74) is 9.41.